The van der Waals surface area contributed by atoms with Crippen molar-refractivity contribution in [3.05, 3.63) is 102 Å². The Morgan fingerprint density at radius 3 is 2.28 bits per heavy atom. The van der Waals surface area contributed by atoms with Crippen molar-refractivity contribution in [2.45, 2.75) is 40.2 Å². The Bertz CT molecular complexity index is 1380. The number of carbonyl (C=O) groups is 2. The van der Waals surface area contributed by atoms with Gasteiger partial charge in [-0.25, -0.2) is 4.68 Å². The maximum Gasteiger partial charge on any atom is 0.249 e. The molecule has 0 aliphatic heterocycles. The van der Waals surface area contributed by atoms with Crippen LogP contribution >= 0.6 is 0 Å². The van der Waals surface area contributed by atoms with E-state index in [1.807, 2.05) is 98.8 Å². The summed E-state index contributed by atoms with van der Waals surface area (Å²) in [5.41, 5.74) is 5.52. The summed E-state index contributed by atoms with van der Waals surface area (Å²) >= 11 is 0. The topological polar surface area (TPSA) is 76.5 Å². The lowest BCUT2D eigenvalue weighted by Crippen LogP contribution is -2.40. The van der Waals surface area contributed by atoms with Crippen molar-refractivity contribution in [3.63, 3.8) is 0 Å². The largest absolute Gasteiger partial charge is 0.367 e. The van der Waals surface area contributed by atoms with Crippen LogP contribution in [-0.2, 0) is 20.9 Å². The molecular weight excluding hydrogens is 488 g/mol. The number of para-hydroxylation sites is 1. The summed E-state index contributed by atoms with van der Waals surface area (Å²) in [6.07, 6.45) is 1.71. The summed E-state index contributed by atoms with van der Waals surface area (Å²) in [7, 11) is 0. The van der Waals surface area contributed by atoms with Gasteiger partial charge < -0.3 is 15.0 Å². The molecule has 1 aromatic heterocycles. The second kappa shape index (κ2) is 13.5. The first kappa shape index (κ1) is 27.8. The van der Waals surface area contributed by atoms with E-state index in [9.17, 15) is 9.59 Å². The lowest BCUT2D eigenvalue weighted by Gasteiger charge is -2.22. The van der Waals surface area contributed by atoms with Gasteiger partial charge in [0.05, 0.1) is 24.5 Å². The number of anilines is 1. The molecule has 0 fully saturated rings. The first-order chi connectivity index (χ1) is 19.0. The zero-order chi connectivity index (χ0) is 27.6. The van der Waals surface area contributed by atoms with Crippen LogP contribution in [0.4, 0.5) is 5.82 Å². The minimum Gasteiger partial charge on any atom is -0.367 e. The number of rotatable bonds is 12. The molecule has 1 N–H and O–H groups in total. The highest BCUT2D eigenvalue weighted by Crippen LogP contribution is 2.34. The third-order valence-corrected chi connectivity index (χ3v) is 6.53. The van der Waals surface area contributed by atoms with E-state index in [-0.39, 0.29) is 25.0 Å². The maximum absolute atomic E-state index is 13.5. The maximum atomic E-state index is 13.5. The van der Waals surface area contributed by atoms with Gasteiger partial charge in [-0.3, -0.25) is 9.59 Å². The Labute approximate surface area is 230 Å². The predicted molar refractivity (Wildman–Crippen MR) is 155 cm³/mol. The average Bonchev–Trinajstić information content (AvgIpc) is 3.27. The number of nitrogens with one attached hydrogen (secondary N) is 1. The van der Waals surface area contributed by atoms with Gasteiger partial charge in [-0.15, -0.1) is 0 Å². The standard InChI is InChI=1S/C32H36N4O3/c1-4-5-20-35(30(38)23-39-22-26-15-8-6-9-16-26)21-29(37)33-32-31(27-17-10-7-11-18-27)25(3)34-36(32)28-19-13-12-14-24(28)2/h6-19H,4-5,20-23H2,1-3H3,(H,33,37). The molecule has 4 rings (SSSR count). The summed E-state index contributed by atoms with van der Waals surface area (Å²) in [4.78, 5) is 28.1. The molecule has 39 heavy (non-hydrogen) atoms. The molecule has 3 aromatic carbocycles. The molecule has 0 saturated heterocycles. The number of nitrogens with zero attached hydrogens (tertiary/aromatic N) is 3. The number of aryl methyl sites for hydroxylation is 2. The number of carbonyl (C=O) groups excluding carboxylic acids is 2. The fraction of sp³-hybridized carbons (Fsp3) is 0.281. The molecule has 0 radical (unpaired) electrons. The van der Waals surface area contributed by atoms with E-state index in [0.29, 0.717) is 19.0 Å². The molecule has 7 nitrogen and oxygen atoms in total. The molecular formula is C32H36N4O3. The second-order valence-corrected chi connectivity index (χ2v) is 9.57. The van der Waals surface area contributed by atoms with Gasteiger partial charge in [0.25, 0.3) is 0 Å². The summed E-state index contributed by atoms with van der Waals surface area (Å²) in [5.74, 6) is 0.0945. The van der Waals surface area contributed by atoms with Gasteiger partial charge in [0, 0.05) is 12.1 Å². The quantitative estimate of drug-likeness (QED) is 0.249. The third kappa shape index (κ3) is 7.21. The zero-order valence-electron chi connectivity index (χ0n) is 22.9. The number of benzene rings is 3. The minimum absolute atomic E-state index is 0.0697. The third-order valence-electron chi connectivity index (χ3n) is 6.53. The molecule has 7 heteroatoms. The van der Waals surface area contributed by atoms with Crippen LogP contribution in [0.25, 0.3) is 16.8 Å². The first-order valence-electron chi connectivity index (χ1n) is 13.4. The van der Waals surface area contributed by atoms with Crippen molar-refractivity contribution in [2.75, 3.05) is 25.0 Å². The van der Waals surface area contributed by atoms with Crippen LogP contribution in [0, 0.1) is 13.8 Å². The summed E-state index contributed by atoms with van der Waals surface area (Å²) in [5, 5.41) is 7.90. The Balaban J connectivity index is 1.55. The van der Waals surface area contributed by atoms with E-state index in [1.54, 1.807) is 9.58 Å². The number of hydrogen-bond donors (Lipinski definition) is 1. The zero-order valence-corrected chi connectivity index (χ0v) is 22.9. The van der Waals surface area contributed by atoms with Gasteiger partial charge in [0.2, 0.25) is 11.8 Å². The molecule has 0 bridgehead atoms. The molecule has 202 valence electrons. The lowest BCUT2D eigenvalue weighted by molar-refractivity contribution is -0.139. The normalized spacial score (nSPS) is 10.8. The van der Waals surface area contributed by atoms with Crippen LogP contribution < -0.4 is 5.32 Å². The van der Waals surface area contributed by atoms with Crippen molar-refractivity contribution in [1.29, 1.82) is 0 Å². The van der Waals surface area contributed by atoms with Crippen molar-refractivity contribution >= 4 is 17.6 Å². The van der Waals surface area contributed by atoms with Crippen LogP contribution in [0.5, 0.6) is 0 Å². The van der Waals surface area contributed by atoms with Crippen LogP contribution in [-0.4, -0.2) is 46.2 Å². The van der Waals surface area contributed by atoms with Gasteiger partial charge in [0.1, 0.15) is 12.4 Å². The monoisotopic (exact) mass is 524 g/mol. The second-order valence-electron chi connectivity index (χ2n) is 9.57. The predicted octanol–water partition coefficient (Wildman–Crippen LogP) is 5.94. The highest BCUT2D eigenvalue weighted by atomic mass is 16.5. The van der Waals surface area contributed by atoms with E-state index in [1.165, 1.54) is 0 Å². The number of aromatic nitrogens is 2. The van der Waals surface area contributed by atoms with Crippen LogP contribution in [0.3, 0.4) is 0 Å². The summed E-state index contributed by atoms with van der Waals surface area (Å²) in [6, 6.07) is 27.5. The first-order valence-corrected chi connectivity index (χ1v) is 13.4. The van der Waals surface area contributed by atoms with Crippen LogP contribution in [0.2, 0.25) is 0 Å². The van der Waals surface area contributed by atoms with E-state index >= 15 is 0 Å². The molecule has 0 atom stereocenters. The van der Waals surface area contributed by atoms with Gasteiger partial charge in [-0.05, 0) is 43.0 Å². The van der Waals surface area contributed by atoms with Gasteiger partial charge in [0.15, 0.2) is 0 Å². The fourth-order valence-electron chi connectivity index (χ4n) is 4.48. The SMILES string of the molecule is CCCCN(CC(=O)Nc1c(-c2ccccc2)c(C)nn1-c1ccccc1C)C(=O)COCc1ccccc1. The highest BCUT2D eigenvalue weighted by molar-refractivity contribution is 5.98. The highest BCUT2D eigenvalue weighted by Gasteiger charge is 2.23. The number of ether oxygens (including phenoxy) is 1. The molecule has 0 aliphatic carbocycles. The minimum atomic E-state index is -0.283. The van der Waals surface area contributed by atoms with E-state index < -0.39 is 0 Å². The van der Waals surface area contributed by atoms with Crippen LogP contribution in [0.1, 0.15) is 36.6 Å². The number of hydrogen-bond acceptors (Lipinski definition) is 4. The van der Waals surface area contributed by atoms with Gasteiger partial charge in [-0.1, -0.05) is 92.2 Å². The summed E-state index contributed by atoms with van der Waals surface area (Å²) < 4.78 is 7.46. The Hall–Kier alpha value is -4.23. The van der Waals surface area contributed by atoms with E-state index in [0.717, 1.165) is 46.5 Å². The van der Waals surface area contributed by atoms with Crippen LogP contribution in [0.15, 0.2) is 84.9 Å². The fourth-order valence-corrected chi connectivity index (χ4v) is 4.48. The molecule has 0 unspecified atom stereocenters. The summed E-state index contributed by atoms with van der Waals surface area (Å²) in [6.45, 7) is 6.69. The van der Waals surface area contributed by atoms with Crippen molar-refractivity contribution in [1.82, 2.24) is 14.7 Å². The molecule has 0 spiro atoms. The van der Waals surface area contributed by atoms with Crippen molar-refractivity contribution < 1.29 is 14.3 Å². The Kier molecular flexibility index (Phi) is 9.64. The molecule has 0 saturated carbocycles. The average molecular weight is 525 g/mol. The van der Waals surface area contributed by atoms with E-state index in [4.69, 9.17) is 9.84 Å². The van der Waals surface area contributed by atoms with Gasteiger partial charge in [-0.2, -0.15) is 5.10 Å². The molecule has 1 heterocycles. The van der Waals surface area contributed by atoms with Crippen molar-refractivity contribution in [3.8, 4) is 16.8 Å². The van der Waals surface area contributed by atoms with Crippen molar-refractivity contribution in [2.24, 2.45) is 0 Å². The number of amides is 2. The molecule has 2 amide bonds. The molecule has 0 aliphatic rings. The smallest absolute Gasteiger partial charge is 0.249 e. The van der Waals surface area contributed by atoms with E-state index in [2.05, 4.69) is 12.2 Å². The lowest BCUT2D eigenvalue weighted by atomic mass is 10.1. The Morgan fingerprint density at radius 1 is 0.923 bits per heavy atom. The number of unbranched alkanes of at least 4 members (excludes halogenated alkanes) is 1. The Morgan fingerprint density at radius 2 is 1.59 bits per heavy atom. The van der Waals surface area contributed by atoms with Gasteiger partial charge >= 0.3 is 0 Å². The molecule has 4 aromatic rings.